The zero-order valence-corrected chi connectivity index (χ0v) is 8.28. The van der Waals surface area contributed by atoms with E-state index in [-0.39, 0.29) is 23.9 Å². The van der Waals surface area contributed by atoms with Crippen LogP contribution in [0.25, 0.3) is 0 Å². The highest BCUT2D eigenvalue weighted by Gasteiger charge is 1.95. The van der Waals surface area contributed by atoms with Crippen LogP contribution in [0.3, 0.4) is 0 Å². The van der Waals surface area contributed by atoms with Gasteiger partial charge in [0.1, 0.15) is 0 Å². The molecule has 1 atom stereocenters. The molecule has 0 bridgehead atoms. The summed E-state index contributed by atoms with van der Waals surface area (Å²) in [6.45, 7) is 1.33. The third-order valence-corrected chi connectivity index (χ3v) is 1.42. The number of nitrogens with one attached hydrogen (secondary N) is 4. The third-order valence-electron chi connectivity index (χ3n) is 1.42. The van der Waals surface area contributed by atoms with Crippen molar-refractivity contribution < 1.29 is 8.22 Å². The normalized spacial score (nSPS) is 17.1. The zero-order chi connectivity index (χ0) is 16.3. The van der Waals surface area contributed by atoms with Crippen molar-refractivity contribution >= 4 is 11.8 Å². The second-order valence-corrected chi connectivity index (χ2v) is 2.75. The molecule has 0 saturated carbocycles. The fourth-order valence-electron chi connectivity index (χ4n) is 0.849. The van der Waals surface area contributed by atoms with Gasteiger partial charge in [0.2, 0.25) is 0 Å². The molecule has 0 aliphatic heterocycles. The van der Waals surface area contributed by atoms with E-state index in [1.54, 1.807) is 0 Å². The number of hydrogen-bond donors (Lipinski definition) is 4. The number of amidine groups is 1. The Labute approximate surface area is 98.2 Å². The Morgan fingerprint density at radius 1 is 1.40 bits per heavy atom. The van der Waals surface area contributed by atoms with E-state index >= 15 is 0 Å². The third kappa shape index (κ3) is 4.81. The lowest BCUT2D eigenvalue weighted by atomic mass is 10.1. The van der Waals surface area contributed by atoms with Crippen LogP contribution >= 0.6 is 0 Å². The van der Waals surface area contributed by atoms with Crippen LogP contribution in [0, 0.1) is 10.8 Å². The highest BCUT2D eigenvalue weighted by Crippen LogP contribution is 1.97. The average Bonchev–Trinajstić information content (AvgIpc) is 2.40. The van der Waals surface area contributed by atoms with Gasteiger partial charge in [0.05, 0.1) is 12.7 Å². The van der Waals surface area contributed by atoms with E-state index in [0.29, 0.717) is 0 Å². The van der Waals surface area contributed by atoms with Crippen molar-refractivity contribution in [1.29, 1.82) is 10.8 Å². The Hall–Kier alpha value is -1.84. The second-order valence-electron chi connectivity index (χ2n) is 2.75. The Kier molecular flexibility index (Phi) is 2.05. The molecule has 4 N–H and O–H groups in total. The summed E-state index contributed by atoms with van der Waals surface area (Å²) in [7, 11) is 0. The molecule has 1 unspecified atom stereocenters. The molecule has 0 radical (unpaired) electrons. The first-order valence-corrected chi connectivity index (χ1v) is 4.30. The zero-order valence-electron chi connectivity index (χ0n) is 14.3. The van der Waals surface area contributed by atoms with Gasteiger partial charge in [-0.05, 0) is 18.9 Å². The molecule has 4 heteroatoms. The van der Waals surface area contributed by atoms with Crippen LogP contribution in [-0.4, -0.2) is 18.3 Å². The van der Waals surface area contributed by atoms with E-state index in [0.717, 1.165) is 0 Å². The van der Waals surface area contributed by atoms with Gasteiger partial charge >= 0.3 is 0 Å². The molecule has 0 aliphatic rings. The Bertz CT molecular complexity index is 560. The van der Waals surface area contributed by atoms with E-state index < -0.39 is 36.6 Å². The molecular weight excluding hydrogens is 188 g/mol. The molecule has 0 aromatic heterocycles. The standard InChI is InChI=1S/C11H16N4/c1-9(12)15-11(13)14-8-7-10-5-3-2-4-6-10/h2-6H,7-8H2,1H3,(H4,12,13,14,15)/i2D,3D,4D,5D,6D,7D. The summed E-state index contributed by atoms with van der Waals surface area (Å²) < 4.78 is 46.0. The highest BCUT2D eigenvalue weighted by atomic mass is 15.1. The van der Waals surface area contributed by atoms with Crippen LogP contribution in [0.4, 0.5) is 0 Å². The van der Waals surface area contributed by atoms with Crippen molar-refractivity contribution in [3.63, 3.8) is 0 Å². The van der Waals surface area contributed by atoms with Crippen LogP contribution in [0.2, 0.25) is 0 Å². The Balaban J connectivity index is 2.96. The molecule has 0 heterocycles. The van der Waals surface area contributed by atoms with Crippen molar-refractivity contribution in [3.8, 4) is 0 Å². The summed E-state index contributed by atoms with van der Waals surface area (Å²) in [5.74, 6) is -0.135. The first kappa shape index (κ1) is 5.30. The summed E-state index contributed by atoms with van der Waals surface area (Å²) in [6, 6.07) is -2.28. The van der Waals surface area contributed by atoms with Crippen molar-refractivity contribution in [1.82, 2.24) is 10.6 Å². The highest BCUT2D eigenvalue weighted by molar-refractivity contribution is 5.95. The lowest BCUT2D eigenvalue weighted by Gasteiger charge is -2.08. The van der Waals surface area contributed by atoms with Crippen LogP contribution in [0.15, 0.2) is 30.2 Å². The van der Waals surface area contributed by atoms with Crippen molar-refractivity contribution in [2.24, 2.45) is 0 Å². The van der Waals surface area contributed by atoms with Crippen LogP contribution in [0.1, 0.15) is 20.7 Å². The van der Waals surface area contributed by atoms with Gasteiger partial charge in [-0.1, -0.05) is 30.2 Å². The number of guanidine groups is 1. The molecule has 4 nitrogen and oxygen atoms in total. The van der Waals surface area contributed by atoms with Crippen molar-refractivity contribution in [3.05, 3.63) is 35.8 Å². The topological polar surface area (TPSA) is 71.8 Å². The fraction of sp³-hybridized carbons (Fsp3) is 0.273. The maximum Gasteiger partial charge on any atom is 0.193 e. The number of benzene rings is 1. The van der Waals surface area contributed by atoms with Gasteiger partial charge in [0.25, 0.3) is 0 Å². The lowest BCUT2D eigenvalue weighted by Crippen LogP contribution is -2.39. The molecule has 1 aromatic carbocycles. The predicted molar refractivity (Wildman–Crippen MR) is 62.4 cm³/mol. The van der Waals surface area contributed by atoms with Crippen LogP contribution in [-0.2, 0) is 6.40 Å². The molecule has 0 amide bonds. The first-order chi connectivity index (χ1) is 9.66. The van der Waals surface area contributed by atoms with Gasteiger partial charge in [-0.15, -0.1) is 0 Å². The summed E-state index contributed by atoms with van der Waals surface area (Å²) >= 11 is 0. The van der Waals surface area contributed by atoms with Gasteiger partial charge in [-0.25, -0.2) is 0 Å². The summed E-state index contributed by atoms with van der Waals surface area (Å²) in [6.07, 6.45) is -1.13. The molecule has 15 heavy (non-hydrogen) atoms. The van der Waals surface area contributed by atoms with E-state index in [2.05, 4.69) is 10.6 Å². The van der Waals surface area contributed by atoms with Gasteiger partial charge in [-0.3, -0.25) is 10.8 Å². The minimum absolute atomic E-state index is 0.0526. The SMILES string of the molecule is [2H]c1c([2H])c([2H])c(C([2H])CNC(=N)NC(C)=N)c([2H])c1[2H]. The molecule has 80 valence electrons. The van der Waals surface area contributed by atoms with Crippen LogP contribution < -0.4 is 10.6 Å². The maximum absolute atomic E-state index is 7.93. The Morgan fingerprint density at radius 2 is 2.07 bits per heavy atom. The predicted octanol–water partition coefficient (Wildman–Crippen LogP) is 1.34. The quantitative estimate of drug-likeness (QED) is 0.449. The van der Waals surface area contributed by atoms with E-state index in [4.69, 9.17) is 19.0 Å². The van der Waals surface area contributed by atoms with E-state index in [1.807, 2.05) is 0 Å². The molecule has 1 aromatic rings. The second kappa shape index (κ2) is 5.80. The first-order valence-electron chi connectivity index (χ1n) is 7.38. The fourth-order valence-corrected chi connectivity index (χ4v) is 0.849. The van der Waals surface area contributed by atoms with Gasteiger partial charge < -0.3 is 10.6 Å². The maximum atomic E-state index is 7.93. The van der Waals surface area contributed by atoms with E-state index in [1.165, 1.54) is 6.92 Å². The molecule has 0 saturated heterocycles. The van der Waals surface area contributed by atoms with Gasteiger partial charge in [-0.2, -0.15) is 0 Å². The summed E-state index contributed by atoms with van der Waals surface area (Å²) in [5, 5.41) is 19.5. The lowest BCUT2D eigenvalue weighted by molar-refractivity contribution is 0.842. The minimum atomic E-state index is -1.13. The number of hydrogen-bond acceptors (Lipinski definition) is 2. The Morgan fingerprint density at radius 3 is 2.67 bits per heavy atom. The van der Waals surface area contributed by atoms with E-state index in [9.17, 15) is 0 Å². The molecule has 1 rings (SSSR count). The summed E-state index contributed by atoms with van der Waals surface area (Å²) in [4.78, 5) is 0. The number of rotatable bonds is 3. The minimum Gasteiger partial charge on any atom is -0.356 e. The molecule has 0 spiro atoms. The van der Waals surface area contributed by atoms with Crippen molar-refractivity contribution in [2.75, 3.05) is 6.54 Å². The van der Waals surface area contributed by atoms with Gasteiger partial charge in [0.15, 0.2) is 5.96 Å². The van der Waals surface area contributed by atoms with Crippen molar-refractivity contribution in [2.45, 2.75) is 13.3 Å². The van der Waals surface area contributed by atoms with Gasteiger partial charge in [0, 0.05) is 7.92 Å². The molecule has 0 aliphatic carbocycles. The largest absolute Gasteiger partial charge is 0.356 e. The molecular formula is C11H16N4. The smallest absolute Gasteiger partial charge is 0.193 e. The molecule has 0 fully saturated rings. The monoisotopic (exact) mass is 210 g/mol. The average molecular weight is 210 g/mol. The summed E-state index contributed by atoms with van der Waals surface area (Å²) in [5.41, 5.74) is -0.118. The van der Waals surface area contributed by atoms with Crippen LogP contribution in [0.5, 0.6) is 0 Å².